The number of nitrogens with one attached hydrogen (secondary N) is 2. The van der Waals surface area contributed by atoms with E-state index in [4.69, 9.17) is 4.74 Å². The molecule has 3 unspecified atom stereocenters. The Morgan fingerprint density at radius 3 is 2.45 bits per heavy atom. The fourth-order valence-corrected chi connectivity index (χ4v) is 4.80. The minimum atomic E-state index is -0.812. The molecule has 22 heavy (non-hydrogen) atoms. The van der Waals surface area contributed by atoms with Crippen molar-refractivity contribution >= 4 is 6.03 Å². The number of carbonyl (C=O) groups excluding carboxylic acids is 1. The number of fused-ring (bicyclic) bond motifs is 2. The summed E-state index contributed by atoms with van der Waals surface area (Å²) >= 11 is 0. The number of aliphatic hydroxyl groups is 1. The summed E-state index contributed by atoms with van der Waals surface area (Å²) in [6.07, 6.45) is 4.72. The van der Waals surface area contributed by atoms with Crippen LogP contribution in [-0.4, -0.2) is 42.5 Å². The maximum Gasteiger partial charge on any atom is 0.315 e. The van der Waals surface area contributed by atoms with Gasteiger partial charge in [0.2, 0.25) is 0 Å². The van der Waals surface area contributed by atoms with E-state index < -0.39 is 5.60 Å². The van der Waals surface area contributed by atoms with Crippen LogP contribution >= 0.6 is 0 Å². The lowest BCUT2D eigenvalue weighted by Crippen LogP contribution is -2.53. The van der Waals surface area contributed by atoms with Gasteiger partial charge in [-0.1, -0.05) is 20.8 Å². The summed E-state index contributed by atoms with van der Waals surface area (Å²) in [7, 11) is 0. The zero-order valence-electron chi connectivity index (χ0n) is 14.1. The molecule has 0 aromatic rings. The Labute approximate surface area is 133 Å². The van der Waals surface area contributed by atoms with E-state index in [2.05, 4.69) is 31.4 Å². The van der Waals surface area contributed by atoms with Crippen LogP contribution in [0.4, 0.5) is 4.79 Å². The molecule has 0 spiro atoms. The zero-order chi connectivity index (χ0) is 16.0. The fraction of sp³-hybridized carbons (Fsp3) is 0.941. The number of urea groups is 1. The van der Waals surface area contributed by atoms with Crippen molar-refractivity contribution in [3.05, 3.63) is 0 Å². The lowest BCUT2D eigenvalue weighted by atomic mass is 9.69. The number of rotatable bonds is 3. The topological polar surface area (TPSA) is 70.6 Å². The first kappa shape index (κ1) is 16.1. The van der Waals surface area contributed by atoms with Crippen molar-refractivity contribution < 1.29 is 14.6 Å². The van der Waals surface area contributed by atoms with Crippen molar-refractivity contribution in [1.29, 1.82) is 0 Å². The van der Waals surface area contributed by atoms with Gasteiger partial charge >= 0.3 is 6.03 Å². The molecule has 3 rings (SSSR count). The largest absolute Gasteiger partial charge is 0.388 e. The van der Waals surface area contributed by atoms with Gasteiger partial charge in [-0.05, 0) is 36.0 Å². The van der Waals surface area contributed by atoms with Gasteiger partial charge in [-0.2, -0.15) is 0 Å². The molecule has 1 saturated heterocycles. The Balaban J connectivity index is 1.53. The maximum absolute atomic E-state index is 12.2. The van der Waals surface area contributed by atoms with Crippen molar-refractivity contribution in [3.8, 4) is 0 Å². The average molecular weight is 310 g/mol. The number of amides is 2. The van der Waals surface area contributed by atoms with Gasteiger partial charge in [0.15, 0.2) is 0 Å². The van der Waals surface area contributed by atoms with Crippen LogP contribution in [0.3, 0.4) is 0 Å². The smallest absolute Gasteiger partial charge is 0.315 e. The lowest BCUT2D eigenvalue weighted by molar-refractivity contribution is -0.0601. The van der Waals surface area contributed by atoms with E-state index in [1.54, 1.807) is 0 Å². The van der Waals surface area contributed by atoms with Gasteiger partial charge in [-0.3, -0.25) is 0 Å². The van der Waals surface area contributed by atoms with Crippen molar-refractivity contribution in [2.75, 3.05) is 19.8 Å². The van der Waals surface area contributed by atoms with Crippen molar-refractivity contribution in [2.45, 2.75) is 64.5 Å². The normalized spacial score (nSPS) is 38.7. The number of ether oxygens (including phenoxy) is 1. The van der Waals surface area contributed by atoms with Crippen LogP contribution in [0.1, 0.15) is 52.9 Å². The van der Waals surface area contributed by atoms with Crippen LogP contribution in [0.15, 0.2) is 0 Å². The Morgan fingerprint density at radius 1 is 1.23 bits per heavy atom. The molecule has 2 amide bonds. The third-order valence-corrected chi connectivity index (χ3v) is 7.10. The fourth-order valence-electron chi connectivity index (χ4n) is 4.80. The minimum absolute atomic E-state index is 0.144. The summed E-state index contributed by atoms with van der Waals surface area (Å²) in [5.41, 5.74) is -0.331. The summed E-state index contributed by atoms with van der Waals surface area (Å²) < 4.78 is 5.26. The molecular weight excluding hydrogens is 280 g/mol. The predicted molar refractivity (Wildman–Crippen MR) is 84.6 cm³/mol. The number of carbonyl (C=O) groups is 1. The first-order chi connectivity index (χ1) is 10.3. The molecule has 1 heterocycles. The highest BCUT2D eigenvalue weighted by atomic mass is 16.5. The van der Waals surface area contributed by atoms with E-state index in [1.807, 2.05) is 0 Å². The number of hydrogen-bond acceptors (Lipinski definition) is 3. The quantitative estimate of drug-likeness (QED) is 0.747. The zero-order valence-corrected chi connectivity index (χ0v) is 14.1. The second kappa shape index (κ2) is 5.38. The first-order valence-electron chi connectivity index (χ1n) is 8.61. The van der Waals surface area contributed by atoms with Gasteiger partial charge in [-0.15, -0.1) is 0 Å². The molecule has 5 heteroatoms. The Kier molecular flexibility index (Phi) is 3.92. The van der Waals surface area contributed by atoms with Crippen molar-refractivity contribution in [3.63, 3.8) is 0 Å². The van der Waals surface area contributed by atoms with Gasteiger partial charge < -0.3 is 20.5 Å². The molecular formula is C17H30N2O3. The van der Waals surface area contributed by atoms with Gasteiger partial charge in [0.1, 0.15) is 0 Å². The second-order valence-electron chi connectivity index (χ2n) is 8.33. The molecule has 5 nitrogen and oxygen atoms in total. The second-order valence-corrected chi connectivity index (χ2v) is 8.33. The van der Waals surface area contributed by atoms with Crippen molar-refractivity contribution in [2.24, 2.45) is 16.7 Å². The molecule has 2 aliphatic carbocycles. The number of hydrogen-bond donors (Lipinski definition) is 3. The van der Waals surface area contributed by atoms with Crippen LogP contribution in [0, 0.1) is 16.7 Å². The van der Waals surface area contributed by atoms with E-state index in [-0.39, 0.29) is 17.5 Å². The highest BCUT2D eigenvalue weighted by Gasteiger charge is 2.61. The SMILES string of the molecule is CC1(C)C2CCC1(C)C(NC(=O)NCC1(O)CCOCC1)C2. The van der Waals surface area contributed by atoms with Crippen LogP contribution in [0.5, 0.6) is 0 Å². The van der Waals surface area contributed by atoms with E-state index in [0.717, 1.165) is 6.42 Å². The maximum atomic E-state index is 12.2. The first-order valence-corrected chi connectivity index (χ1v) is 8.61. The van der Waals surface area contributed by atoms with Crippen LogP contribution in [-0.2, 0) is 4.74 Å². The van der Waals surface area contributed by atoms with E-state index in [1.165, 1.54) is 12.8 Å². The Hall–Kier alpha value is -0.810. The summed E-state index contributed by atoms with van der Waals surface area (Å²) in [6.45, 7) is 8.44. The minimum Gasteiger partial charge on any atom is -0.388 e. The third-order valence-electron chi connectivity index (χ3n) is 7.10. The molecule has 2 bridgehead atoms. The molecule has 2 saturated carbocycles. The molecule has 3 aliphatic rings. The Morgan fingerprint density at radius 2 is 1.91 bits per heavy atom. The van der Waals surface area contributed by atoms with Crippen LogP contribution in [0.2, 0.25) is 0 Å². The third kappa shape index (κ3) is 2.52. The molecule has 0 aromatic heterocycles. The van der Waals surface area contributed by atoms with Gasteiger partial charge in [0.25, 0.3) is 0 Å². The van der Waals surface area contributed by atoms with Crippen LogP contribution in [0.25, 0.3) is 0 Å². The molecule has 3 N–H and O–H groups in total. The van der Waals surface area contributed by atoms with E-state index in [0.29, 0.717) is 43.9 Å². The average Bonchev–Trinajstić information content (AvgIpc) is 2.79. The summed E-state index contributed by atoms with van der Waals surface area (Å²) in [6, 6.07) is 0.0973. The van der Waals surface area contributed by atoms with E-state index in [9.17, 15) is 9.90 Å². The highest BCUT2D eigenvalue weighted by Crippen LogP contribution is 2.65. The predicted octanol–water partition coefficient (Wildman–Crippen LogP) is 2.04. The molecule has 1 aliphatic heterocycles. The Bertz CT molecular complexity index is 445. The van der Waals surface area contributed by atoms with Gasteiger partial charge in [-0.25, -0.2) is 4.79 Å². The molecule has 126 valence electrons. The van der Waals surface area contributed by atoms with E-state index >= 15 is 0 Å². The molecule has 0 radical (unpaired) electrons. The highest BCUT2D eigenvalue weighted by molar-refractivity contribution is 5.74. The monoisotopic (exact) mass is 310 g/mol. The summed E-state index contributed by atoms with van der Waals surface area (Å²) in [5, 5.41) is 16.4. The standard InChI is InChI=1S/C17H30N2O3/c1-15(2)12-4-5-16(15,3)13(10-12)19-14(20)18-11-17(21)6-8-22-9-7-17/h12-13,21H,4-11H2,1-3H3,(H2,18,19,20). The molecule has 3 atom stereocenters. The molecule has 3 fully saturated rings. The summed E-state index contributed by atoms with van der Waals surface area (Å²) in [5.74, 6) is 0.711. The molecule has 0 aromatic carbocycles. The summed E-state index contributed by atoms with van der Waals surface area (Å²) in [4.78, 5) is 12.2. The van der Waals surface area contributed by atoms with Gasteiger partial charge in [0.05, 0.1) is 5.60 Å². The van der Waals surface area contributed by atoms with Crippen LogP contribution < -0.4 is 10.6 Å². The van der Waals surface area contributed by atoms with Gasteiger partial charge in [0, 0.05) is 38.6 Å². The van der Waals surface area contributed by atoms with Crippen molar-refractivity contribution in [1.82, 2.24) is 10.6 Å². The lowest BCUT2D eigenvalue weighted by Gasteiger charge is -2.39.